The Bertz CT molecular complexity index is 1360. The average molecular weight is 535 g/mol. The minimum Gasteiger partial charge on any atom is -0.370 e. The number of nitrogens with zero attached hydrogens (tertiary/aromatic N) is 2. The summed E-state index contributed by atoms with van der Waals surface area (Å²) in [6.45, 7) is 6.08. The maximum atomic E-state index is 13.8. The zero-order valence-corrected chi connectivity index (χ0v) is 23.2. The fourth-order valence-corrected chi connectivity index (χ4v) is 7.30. The van der Waals surface area contributed by atoms with Crippen LogP contribution in [0.4, 0.5) is 5.69 Å². The van der Waals surface area contributed by atoms with Crippen LogP contribution in [0.1, 0.15) is 58.4 Å². The van der Waals surface area contributed by atoms with E-state index in [0.29, 0.717) is 44.3 Å². The molecule has 0 aliphatic heterocycles. The van der Waals surface area contributed by atoms with Gasteiger partial charge in [-0.3, -0.25) is 14.1 Å². The van der Waals surface area contributed by atoms with Crippen molar-refractivity contribution in [1.82, 2.24) is 4.98 Å². The molecule has 1 saturated carbocycles. The Hall–Kier alpha value is -3.23. The molecule has 8 heteroatoms. The van der Waals surface area contributed by atoms with E-state index in [9.17, 15) is 13.2 Å². The highest BCUT2D eigenvalue weighted by atomic mass is 32.2. The lowest BCUT2D eigenvalue weighted by molar-refractivity contribution is -0.119. The Kier molecular flexibility index (Phi) is 8.23. The quantitative estimate of drug-likeness (QED) is 0.391. The van der Waals surface area contributed by atoms with Crippen LogP contribution in [0.2, 0.25) is 0 Å². The van der Waals surface area contributed by atoms with Gasteiger partial charge in [-0.2, -0.15) is 0 Å². The number of sulfonamides is 1. The highest BCUT2D eigenvalue weighted by molar-refractivity contribution is 7.93. The largest absolute Gasteiger partial charge is 0.370 e. The van der Waals surface area contributed by atoms with Crippen LogP contribution < -0.4 is 15.8 Å². The molecule has 0 spiro atoms. The number of pyridine rings is 1. The Labute approximate surface area is 226 Å². The van der Waals surface area contributed by atoms with Crippen molar-refractivity contribution in [2.24, 2.45) is 17.4 Å². The fraction of sp³-hybridized carbons (Fsp3) is 0.400. The third-order valence-electron chi connectivity index (χ3n) is 7.45. The van der Waals surface area contributed by atoms with Gasteiger partial charge >= 0.3 is 0 Å². The third kappa shape index (κ3) is 6.08. The zero-order chi connectivity index (χ0) is 27.5. The molecule has 38 heavy (non-hydrogen) atoms. The van der Waals surface area contributed by atoms with Crippen LogP contribution in [0.25, 0.3) is 22.4 Å². The molecular weight excluding hydrogens is 496 g/mol. The van der Waals surface area contributed by atoms with E-state index in [2.05, 4.69) is 0 Å². The second-order valence-electron chi connectivity index (χ2n) is 10.8. The monoisotopic (exact) mass is 534 g/mol. The average Bonchev–Trinajstić information content (AvgIpc) is 2.89. The Morgan fingerprint density at radius 3 is 2.18 bits per heavy atom. The van der Waals surface area contributed by atoms with Crippen LogP contribution in [0.3, 0.4) is 0 Å². The lowest BCUT2D eigenvalue weighted by Gasteiger charge is -2.33. The molecule has 0 unspecified atom stereocenters. The molecular formula is C30H38N4O3S. The topological polar surface area (TPSA) is 119 Å². The summed E-state index contributed by atoms with van der Waals surface area (Å²) in [5.41, 5.74) is 16.3. The number of hydrogen-bond donors (Lipinski definition) is 2. The summed E-state index contributed by atoms with van der Waals surface area (Å²) < 4.78 is 29.0. The van der Waals surface area contributed by atoms with Crippen LogP contribution in [-0.4, -0.2) is 31.1 Å². The van der Waals surface area contributed by atoms with E-state index in [-0.39, 0.29) is 11.8 Å². The van der Waals surface area contributed by atoms with Crippen molar-refractivity contribution in [1.29, 1.82) is 0 Å². The summed E-state index contributed by atoms with van der Waals surface area (Å²) in [7, 11) is -3.61. The van der Waals surface area contributed by atoms with Crippen LogP contribution in [0, 0.1) is 5.92 Å². The molecule has 4 rings (SSSR count). The maximum absolute atomic E-state index is 13.8. The number of anilines is 1. The first kappa shape index (κ1) is 27.8. The van der Waals surface area contributed by atoms with Crippen molar-refractivity contribution in [3.05, 3.63) is 72.4 Å². The molecule has 3 aromatic rings. The molecule has 1 heterocycles. The molecule has 4 N–H and O–H groups in total. The normalized spacial score (nSPS) is 18.2. The van der Waals surface area contributed by atoms with Gasteiger partial charge in [0.25, 0.3) is 0 Å². The van der Waals surface area contributed by atoms with Gasteiger partial charge < -0.3 is 11.5 Å². The highest BCUT2D eigenvalue weighted by Gasteiger charge is 2.35. The zero-order valence-electron chi connectivity index (χ0n) is 22.4. The molecule has 202 valence electrons. The van der Waals surface area contributed by atoms with E-state index in [0.717, 1.165) is 27.9 Å². The van der Waals surface area contributed by atoms with Gasteiger partial charge in [-0.15, -0.1) is 0 Å². The Morgan fingerprint density at radius 2 is 1.63 bits per heavy atom. The molecule has 1 aliphatic carbocycles. The molecule has 0 radical (unpaired) electrons. The summed E-state index contributed by atoms with van der Waals surface area (Å²) in [6, 6.07) is 19.9. The second kappa shape index (κ2) is 11.3. The maximum Gasteiger partial charge on any atom is 0.238 e. The first-order chi connectivity index (χ1) is 18.0. The number of carbonyl (C=O) groups excluding carboxylic acids is 1. The van der Waals surface area contributed by atoms with E-state index >= 15 is 0 Å². The van der Waals surface area contributed by atoms with Crippen LogP contribution >= 0.6 is 0 Å². The predicted octanol–water partition coefficient (Wildman–Crippen LogP) is 5.20. The molecule has 7 nitrogen and oxygen atoms in total. The van der Waals surface area contributed by atoms with Gasteiger partial charge in [-0.1, -0.05) is 54.6 Å². The van der Waals surface area contributed by atoms with Crippen molar-refractivity contribution in [3.63, 3.8) is 0 Å². The number of benzene rings is 2. The molecule has 1 fully saturated rings. The van der Waals surface area contributed by atoms with E-state index < -0.39 is 20.8 Å². The number of nitrogens with two attached hydrogens (primary N) is 2. The number of rotatable bonds is 9. The summed E-state index contributed by atoms with van der Waals surface area (Å²) in [5.74, 6) is -0.164. The van der Waals surface area contributed by atoms with Gasteiger partial charge in [-0.05, 0) is 69.6 Å². The van der Waals surface area contributed by atoms with E-state index in [4.69, 9.17) is 16.5 Å². The van der Waals surface area contributed by atoms with Crippen LogP contribution in [0.15, 0.2) is 66.9 Å². The molecule has 2 aromatic carbocycles. The van der Waals surface area contributed by atoms with Crippen molar-refractivity contribution in [3.8, 4) is 22.4 Å². The summed E-state index contributed by atoms with van der Waals surface area (Å²) in [4.78, 5) is 16.1. The molecule has 0 atom stereocenters. The first-order valence-electron chi connectivity index (χ1n) is 13.3. The molecule has 1 aromatic heterocycles. The van der Waals surface area contributed by atoms with Crippen LogP contribution in [-0.2, 0) is 20.4 Å². The fourth-order valence-electron chi connectivity index (χ4n) is 5.32. The molecule has 1 amide bonds. The standard InChI is InChI=1S/C30H38N4O3S/c1-4-34(38(36,37)26-16-10-21(11-17-26)18-28(31)35)25-19-27(22-8-6-5-7-9-22)29(33-20-25)23-12-14-24(15-13-23)30(2,3)32/h5-9,12-15,19-21,26H,4,10-11,16-18,32H2,1-3H3,(H2,31,35). The van der Waals surface area contributed by atoms with Gasteiger partial charge in [0.05, 0.1) is 22.8 Å². The summed E-state index contributed by atoms with van der Waals surface area (Å²) >= 11 is 0. The van der Waals surface area contributed by atoms with Gasteiger partial charge in [0, 0.05) is 29.6 Å². The van der Waals surface area contributed by atoms with Crippen molar-refractivity contribution in [2.45, 2.75) is 63.7 Å². The molecule has 0 bridgehead atoms. The molecule has 1 aliphatic rings. The van der Waals surface area contributed by atoms with E-state index in [1.165, 1.54) is 4.31 Å². The SMILES string of the molecule is CCN(c1cnc(-c2ccc(C(C)(C)N)cc2)c(-c2ccccc2)c1)S(=O)(=O)C1CCC(CC(N)=O)CC1. The van der Waals surface area contributed by atoms with Crippen molar-refractivity contribution < 1.29 is 13.2 Å². The first-order valence-corrected chi connectivity index (χ1v) is 14.8. The minimum absolute atomic E-state index is 0.163. The van der Waals surface area contributed by atoms with Gasteiger partial charge in [0.2, 0.25) is 15.9 Å². The Balaban J connectivity index is 1.70. The Morgan fingerprint density at radius 1 is 1.00 bits per heavy atom. The predicted molar refractivity (Wildman–Crippen MR) is 154 cm³/mol. The second-order valence-corrected chi connectivity index (χ2v) is 12.9. The van der Waals surface area contributed by atoms with Crippen LogP contribution in [0.5, 0.6) is 0 Å². The summed E-state index contributed by atoms with van der Waals surface area (Å²) in [6.07, 6.45) is 4.40. The number of aromatic nitrogens is 1. The summed E-state index contributed by atoms with van der Waals surface area (Å²) in [5, 5.41) is -0.487. The van der Waals surface area contributed by atoms with Gasteiger partial charge in [0.15, 0.2) is 0 Å². The lowest BCUT2D eigenvalue weighted by Crippen LogP contribution is -2.41. The van der Waals surface area contributed by atoms with Crippen molar-refractivity contribution >= 4 is 21.6 Å². The van der Waals surface area contributed by atoms with Crippen molar-refractivity contribution in [2.75, 3.05) is 10.8 Å². The number of carbonyl (C=O) groups is 1. The van der Waals surface area contributed by atoms with E-state index in [1.807, 2.05) is 81.4 Å². The lowest BCUT2D eigenvalue weighted by atomic mass is 9.86. The number of primary amides is 1. The van der Waals surface area contributed by atoms with E-state index in [1.54, 1.807) is 6.20 Å². The minimum atomic E-state index is -3.61. The van der Waals surface area contributed by atoms with Gasteiger partial charge in [-0.25, -0.2) is 8.42 Å². The third-order valence-corrected chi connectivity index (χ3v) is 9.84. The number of hydrogen-bond acceptors (Lipinski definition) is 5. The molecule has 0 saturated heterocycles. The smallest absolute Gasteiger partial charge is 0.238 e. The van der Waals surface area contributed by atoms with Gasteiger partial charge in [0.1, 0.15) is 0 Å². The number of amides is 1. The highest BCUT2D eigenvalue weighted by Crippen LogP contribution is 2.37.